The molecule has 9 heteroatoms. The molecule has 1 amide bonds. The molecule has 0 saturated carbocycles. The number of benzene rings is 1. The standard InChI is InChI=1S/C24H26N6O3/c25-24-26-8-6-20(30-24)19-14-28-22(18-7-10-33-21(18)19)27-12-15-3-1-4-16(11-15)23(31)29-13-17-5-2-9-32-17/h1,3-4,6,8,11,14,17H,2,5,7,9-10,12-13H2,(H,27,28)(H,29,31)(H2,25,26,30)/t17-/m1/s1. The number of carbonyl (C=O) groups excluding carboxylic acids is 1. The lowest BCUT2D eigenvalue weighted by atomic mass is 10.1. The lowest BCUT2D eigenvalue weighted by Gasteiger charge is -2.13. The normalized spacial score (nSPS) is 16.8. The van der Waals surface area contributed by atoms with Crippen LogP contribution < -0.4 is 21.1 Å². The molecular formula is C24H26N6O3. The van der Waals surface area contributed by atoms with Crippen LogP contribution in [0.3, 0.4) is 0 Å². The van der Waals surface area contributed by atoms with Crippen LogP contribution in [-0.2, 0) is 17.7 Å². The summed E-state index contributed by atoms with van der Waals surface area (Å²) in [6.07, 6.45) is 6.28. The number of nitrogens with two attached hydrogens (primary N) is 1. The number of fused-ring (bicyclic) bond motifs is 1. The number of hydrogen-bond donors (Lipinski definition) is 3. The second kappa shape index (κ2) is 9.41. The van der Waals surface area contributed by atoms with Crippen molar-refractivity contribution in [3.8, 4) is 17.0 Å². The number of rotatable bonds is 7. The van der Waals surface area contributed by atoms with Crippen molar-refractivity contribution >= 4 is 17.7 Å². The Morgan fingerprint density at radius 1 is 1.21 bits per heavy atom. The average molecular weight is 447 g/mol. The zero-order valence-electron chi connectivity index (χ0n) is 18.2. The van der Waals surface area contributed by atoms with E-state index in [1.807, 2.05) is 24.3 Å². The molecule has 5 rings (SSSR count). The first-order valence-corrected chi connectivity index (χ1v) is 11.1. The first kappa shape index (κ1) is 21.1. The highest BCUT2D eigenvalue weighted by Crippen LogP contribution is 2.39. The molecule has 0 unspecified atom stereocenters. The molecule has 0 bridgehead atoms. The number of nitrogens with one attached hydrogen (secondary N) is 2. The van der Waals surface area contributed by atoms with Crippen LogP contribution in [0.5, 0.6) is 5.75 Å². The first-order chi connectivity index (χ1) is 16.2. The summed E-state index contributed by atoms with van der Waals surface area (Å²) in [7, 11) is 0. The van der Waals surface area contributed by atoms with Crippen molar-refractivity contribution in [1.82, 2.24) is 20.3 Å². The molecule has 170 valence electrons. The SMILES string of the molecule is Nc1nccc(-c2cnc(NCc3cccc(C(=O)NC[C@H]4CCCO4)c3)c3c2OCC3)n1. The minimum atomic E-state index is -0.0896. The fourth-order valence-corrected chi connectivity index (χ4v) is 4.17. The molecule has 4 heterocycles. The van der Waals surface area contributed by atoms with Gasteiger partial charge in [-0.1, -0.05) is 12.1 Å². The van der Waals surface area contributed by atoms with Crippen molar-refractivity contribution in [3.05, 3.63) is 59.4 Å². The van der Waals surface area contributed by atoms with E-state index in [2.05, 4.69) is 25.6 Å². The van der Waals surface area contributed by atoms with Crippen molar-refractivity contribution in [3.63, 3.8) is 0 Å². The maximum absolute atomic E-state index is 12.5. The maximum atomic E-state index is 12.5. The molecule has 33 heavy (non-hydrogen) atoms. The van der Waals surface area contributed by atoms with E-state index in [9.17, 15) is 4.79 Å². The van der Waals surface area contributed by atoms with Gasteiger partial charge in [0.25, 0.3) is 5.91 Å². The topological polar surface area (TPSA) is 124 Å². The average Bonchev–Trinajstić information content (AvgIpc) is 3.54. The van der Waals surface area contributed by atoms with E-state index in [0.29, 0.717) is 31.0 Å². The highest BCUT2D eigenvalue weighted by atomic mass is 16.5. The molecule has 2 aliphatic heterocycles. The Hall–Kier alpha value is -3.72. The summed E-state index contributed by atoms with van der Waals surface area (Å²) in [4.78, 5) is 25.4. The van der Waals surface area contributed by atoms with Gasteiger partial charge in [-0.2, -0.15) is 0 Å². The van der Waals surface area contributed by atoms with Gasteiger partial charge >= 0.3 is 0 Å². The number of ether oxygens (including phenoxy) is 2. The molecule has 1 atom stereocenters. The van der Waals surface area contributed by atoms with Gasteiger partial charge < -0.3 is 25.8 Å². The minimum Gasteiger partial charge on any atom is -0.492 e. The van der Waals surface area contributed by atoms with Crippen molar-refractivity contribution in [1.29, 1.82) is 0 Å². The zero-order chi connectivity index (χ0) is 22.6. The summed E-state index contributed by atoms with van der Waals surface area (Å²) < 4.78 is 11.5. The van der Waals surface area contributed by atoms with Crippen LogP contribution in [0, 0.1) is 0 Å². The van der Waals surface area contributed by atoms with Crippen molar-refractivity contribution in [2.45, 2.75) is 31.9 Å². The zero-order valence-corrected chi connectivity index (χ0v) is 18.2. The molecule has 2 aliphatic rings. The monoisotopic (exact) mass is 446 g/mol. The smallest absolute Gasteiger partial charge is 0.251 e. The van der Waals surface area contributed by atoms with Gasteiger partial charge in [-0.25, -0.2) is 15.0 Å². The van der Waals surface area contributed by atoms with Crippen LogP contribution in [-0.4, -0.2) is 46.7 Å². The van der Waals surface area contributed by atoms with Gasteiger partial charge in [0, 0.05) is 49.6 Å². The van der Waals surface area contributed by atoms with E-state index < -0.39 is 0 Å². The third-order valence-corrected chi connectivity index (χ3v) is 5.84. The highest BCUT2D eigenvalue weighted by molar-refractivity contribution is 5.94. The van der Waals surface area contributed by atoms with E-state index in [0.717, 1.165) is 54.1 Å². The van der Waals surface area contributed by atoms with E-state index in [-0.39, 0.29) is 18.0 Å². The summed E-state index contributed by atoms with van der Waals surface area (Å²) in [5, 5.41) is 6.36. The lowest BCUT2D eigenvalue weighted by molar-refractivity contribution is 0.0857. The molecule has 3 aromatic rings. The number of nitrogen functional groups attached to an aromatic ring is 1. The van der Waals surface area contributed by atoms with Gasteiger partial charge in [0.2, 0.25) is 5.95 Å². The molecule has 0 aliphatic carbocycles. The Bertz CT molecular complexity index is 1160. The van der Waals surface area contributed by atoms with Gasteiger partial charge in [0.15, 0.2) is 0 Å². The van der Waals surface area contributed by atoms with Crippen LogP contribution >= 0.6 is 0 Å². The molecule has 1 aromatic carbocycles. The van der Waals surface area contributed by atoms with Gasteiger partial charge in [-0.3, -0.25) is 4.79 Å². The van der Waals surface area contributed by atoms with E-state index in [4.69, 9.17) is 15.2 Å². The second-order valence-corrected chi connectivity index (χ2v) is 8.13. The van der Waals surface area contributed by atoms with Gasteiger partial charge in [-0.05, 0) is 36.6 Å². The summed E-state index contributed by atoms with van der Waals surface area (Å²) >= 11 is 0. The Kier molecular flexibility index (Phi) is 6.03. The van der Waals surface area contributed by atoms with E-state index >= 15 is 0 Å². The number of aromatic nitrogens is 3. The molecule has 9 nitrogen and oxygen atoms in total. The van der Waals surface area contributed by atoms with Crippen LogP contribution in [0.1, 0.15) is 34.3 Å². The van der Waals surface area contributed by atoms with Crippen molar-refractivity contribution < 1.29 is 14.3 Å². The largest absolute Gasteiger partial charge is 0.492 e. The van der Waals surface area contributed by atoms with E-state index in [1.165, 1.54) is 0 Å². The number of hydrogen-bond acceptors (Lipinski definition) is 8. The quantitative estimate of drug-likeness (QED) is 0.506. The minimum absolute atomic E-state index is 0.0896. The molecule has 1 fully saturated rings. The van der Waals surface area contributed by atoms with Gasteiger partial charge in [0.05, 0.1) is 24.0 Å². The van der Waals surface area contributed by atoms with Crippen LogP contribution in [0.15, 0.2) is 42.7 Å². The third kappa shape index (κ3) is 4.73. The Morgan fingerprint density at radius 2 is 2.15 bits per heavy atom. The summed E-state index contributed by atoms with van der Waals surface area (Å²) in [5.41, 5.74) is 9.84. The van der Waals surface area contributed by atoms with Crippen LogP contribution in [0.25, 0.3) is 11.3 Å². The van der Waals surface area contributed by atoms with E-state index in [1.54, 1.807) is 18.5 Å². The molecule has 0 spiro atoms. The molecule has 2 aromatic heterocycles. The summed E-state index contributed by atoms with van der Waals surface area (Å²) in [6, 6.07) is 9.38. The third-order valence-electron chi connectivity index (χ3n) is 5.84. The maximum Gasteiger partial charge on any atom is 0.251 e. The van der Waals surface area contributed by atoms with Crippen molar-refractivity contribution in [2.75, 3.05) is 30.8 Å². The van der Waals surface area contributed by atoms with Gasteiger partial charge in [0.1, 0.15) is 11.6 Å². The molecule has 4 N–H and O–H groups in total. The van der Waals surface area contributed by atoms with Crippen LogP contribution in [0.2, 0.25) is 0 Å². The molecular weight excluding hydrogens is 420 g/mol. The number of amides is 1. The number of carbonyl (C=O) groups is 1. The molecule has 1 saturated heterocycles. The number of anilines is 2. The second-order valence-electron chi connectivity index (χ2n) is 8.13. The molecule has 0 radical (unpaired) electrons. The van der Waals surface area contributed by atoms with Gasteiger partial charge in [-0.15, -0.1) is 0 Å². The Balaban J connectivity index is 1.27. The Labute approximate surface area is 191 Å². The first-order valence-electron chi connectivity index (χ1n) is 11.1. The predicted octanol–water partition coefficient (Wildman–Crippen LogP) is 2.58. The highest BCUT2D eigenvalue weighted by Gasteiger charge is 2.23. The summed E-state index contributed by atoms with van der Waals surface area (Å²) in [6.45, 7) is 2.44. The number of pyridine rings is 1. The van der Waals surface area contributed by atoms with Crippen LogP contribution in [0.4, 0.5) is 11.8 Å². The lowest BCUT2D eigenvalue weighted by Crippen LogP contribution is -2.31. The predicted molar refractivity (Wildman–Crippen MR) is 124 cm³/mol. The fraction of sp³-hybridized carbons (Fsp3) is 0.333. The fourth-order valence-electron chi connectivity index (χ4n) is 4.17. The summed E-state index contributed by atoms with van der Waals surface area (Å²) in [5.74, 6) is 1.66. The van der Waals surface area contributed by atoms with Crippen molar-refractivity contribution in [2.24, 2.45) is 0 Å². The Morgan fingerprint density at radius 3 is 3.00 bits per heavy atom. The number of nitrogens with zero attached hydrogens (tertiary/aromatic N) is 3.